The molecule has 0 radical (unpaired) electrons. The minimum Gasteiger partial charge on any atom is -0.477 e. The molecule has 17 heteroatoms. The topological polar surface area (TPSA) is 220 Å². The Morgan fingerprint density at radius 3 is 2.79 bits per heavy atom. The lowest BCUT2D eigenvalue weighted by Crippen LogP contribution is -2.71. The summed E-state index contributed by atoms with van der Waals surface area (Å²) in [6, 6.07) is -1.07. The molecule has 1 aromatic rings. The summed E-state index contributed by atoms with van der Waals surface area (Å²) in [7, 11) is 0. The van der Waals surface area contributed by atoms with Gasteiger partial charge >= 0.3 is 5.97 Å². The molecule has 1 unspecified atom stereocenters. The van der Waals surface area contributed by atoms with Crippen LogP contribution >= 0.6 is 46.5 Å². The van der Waals surface area contributed by atoms with Crippen molar-refractivity contribution in [3.05, 3.63) is 32.1 Å². The zero-order chi connectivity index (χ0) is 24.3. The Bertz CT molecular complexity index is 1190. The molecular formula is C16H13ClN8O5S3. The number of anilines is 1. The number of fused-ring (bicyclic) bond motifs is 1. The zero-order valence-electron chi connectivity index (χ0n) is 16.1. The zero-order valence-corrected chi connectivity index (χ0v) is 19.3. The van der Waals surface area contributed by atoms with Gasteiger partial charge in [0, 0.05) is 10.7 Å². The number of amidine groups is 1. The highest BCUT2D eigenvalue weighted by Crippen LogP contribution is 2.43. The largest absolute Gasteiger partial charge is 0.477 e. The number of nitrogen functional groups attached to an aromatic ring is 1. The number of thioether (sulfide) groups is 2. The second-order valence-corrected chi connectivity index (χ2v) is 9.86. The SMILES string of the molecule is N#CN=C(N)C=CSC1=C(C(=O)O)N2C(=O)C(NC(=O)/C(=N\O)c3nc(N)sc3Cl)[C@H]2SC1. The van der Waals surface area contributed by atoms with E-state index in [9.17, 15) is 24.7 Å². The molecule has 1 saturated heterocycles. The standard InChI is InChI=1S/C16H13ClN8O5S3/c17-11-7(23-16(20)33-11)8(24-30)12(26)22-9-13(27)25-10(15(28)29)5(3-32-14(9)25)31-2-1-6(19)21-4-18/h1-2,9,14,30H,3H2,(H2,19,21)(H2,20,23)(H,22,26)(H,28,29)/b2-1?,24-8-/t9?,14-/m1/s1. The second-order valence-electron chi connectivity index (χ2n) is 6.12. The highest BCUT2D eigenvalue weighted by molar-refractivity contribution is 8.08. The Hall–Kier alpha value is -3.26. The molecule has 1 fully saturated rings. The summed E-state index contributed by atoms with van der Waals surface area (Å²) >= 11 is 9.06. The monoisotopic (exact) mass is 528 g/mol. The van der Waals surface area contributed by atoms with Crippen LogP contribution in [0.2, 0.25) is 4.34 Å². The molecule has 0 aromatic carbocycles. The maximum Gasteiger partial charge on any atom is 0.353 e. The van der Waals surface area contributed by atoms with Gasteiger partial charge in [-0.05, 0) is 11.5 Å². The normalized spacial score (nSPS) is 21.0. The van der Waals surface area contributed by atoms with Gasteiger partial charge in [0.2, 0.25) is 6.19 Å². The molecule has 7 N–H and O–H groups in total. The quantitative estimate of drug-likeness (QED) is 0.0810. The first-order valence-corrected chi connectivity index (χ1v) is 11.7. The van der Waals surface area contributed by atoms with Crippen LogP contribution in [0, 0.1) is 11.5 Å². The van der Waals surface area contributed by atoms with Crippen molar-refractivity contribution in [2.24, 2.45) is 15.9 Å². The third-order valence-corrected chi connectivity index (χ3v) is 7.63. The number of carboxylic acids is 1. The van der Waals surface area contributed by atoms with Crippen molar-refractivity contribution in [2.75, 3.05) is 11.5 Å². The molecule has 3 rings (SSSR count). The lowest BCUT2D eigenvalue weighted by atomic mass is 10.0. The summed E-state index contributed by atoms with van der Waals surface area (Å²) in [4.78, 5) is 45.7. The lowest BCUT2D eigenvalue weighted by molar-refractivity contribution is -0.150. The van der Waals surface area contributed by atoms with Crippen molar-refractivity contribution in [1.29, 1.82) is 5.26 Å². The Morgan fingerprint density at radius 1 is 1.48 bits per heavy atom. The average molecular weight is 529 g/mol. The summed E-state index contributed by atoms with van der Waals surface area (Å²) in [6.45, 7) is 0. The first kappa shape index (κ1) is 24.4. The molecule has 3 heterocycles. The van der Waals surface area contributed by atoms with Crippen LogP contribution in [0.3, 0.4) is 0 Å². The van der Waals surface area contributed by atoms with Crippen LogP contribution in [-0.4, -0.2) is 66.7 Å². The highest BCUT2D eigenvalue weighted by atomic mass is 35.5. The number of nitrogens with zero attached hydrogens (tertiary/aromatic N) is 5. The second kappa shape index (κ2) is 10.1. The molecule has 0 saturated carbocycles. The molecule has 2 aliphatic rings. The number of nitriles is 1. The van der Waals surface area contributed by atoms with Crippen LogP contribution in [0.4, 0.5) is 5.13 Å². The van der Waals surface area contributed by atoms with Crippen LogP contribution in [0.25, 0.3) is 0 Å². The summed E-state index contributed by atoms with van der Waals surface area (Å²) in [5.41, 5.74) is 10.1. The number of halogens is 1. The molecule has 2 atom stereocenters. The molecule has 1 aromatic heterocycles. The Kier molecular flexibility index (Phi) is 7.48. The number of oxime groups is 1. The van der Waals surface area contributed by atoms with Gasteiger partial charge in [-0.15, -0.1) is 11.8 Å². The van der Waals surface area contributed by atoms with Gasteiger partial charge < -0.3 is 27.1 Å². The van der Waals surface area contributed by atoms with Gasteiger partial charge in [0.05, 0.1) is 0 Å². The van der Waals surface area contributed by atoms with E-state index in [-0.39, 0.29) is 32.4 Å². The van der Waals surface area contributed by atoms with E-state index in [1.54, 1.807) is 0 Å². The van der Waals surface area contributed by atoms with Crippen molar-refractivity contribution in [3.63, 3.8) is 0 Å². The van der Waals surface area contributed by atoms with Crippen molar-refractivity contribution < 1.29 is 24.7 Å². The fraction of sp³-hybridized carbons (Fsp3) is 0.188. The fourth-order valence-corrected chi connectivity index (χ4v) is 6.10. The van der Waals surface area contributed by atoms with Gasteiger partial charge in [-0.1, -0.05) is 39.9 Å². The number of β-lactam (4-membered cyclic amide) rings is 1. The van der Waals surface area contributed by atoms with Crippen LogP contribution in [-0.2, 0) is 14.4 Å². The van der Waals surface area contributed by atoms with Crippen molar-refractivity contribution in [3.8, 4) is 6.19 Å². The van der Waals surface area contributed by atoms with E-state index in [1.807, 2.05) is 0 Å². The summed E-state index contributed by atoms with van der Waals surface area (Å²) in [6.07, 6.45) is 2.85. The number of aliphatic carboxylic acids is 1. The highest BCUT2D eigenvalue weighted by Gasteiger charge is 2.54. The lowest BCUT2D eigenvalue weighted by Gasteiger charge is -2.49. The Morgan fingerprint density at radius 2 is 2.21 bits per heavy atom. The number of aromatic nitrogens is 1. The Balaban J connectivity index is 1.76. The van der Waals surface area contributed by atoms with Gasteiger partial charge in [-0.3, -0.25) is 14.5 Å². The molecule has 0 spiro atoms. The number of rotatable bonds is 7. The number of hydrogen-bond acceptors (Lipinski definition) is 12. The number of carboxylic acid groups (broad SMARTS) is 1. The van der Waals surface area contributed by atoms with Crippen LogP contribution in [0.5, 0.6) is 0 Å². The molecule has 0 bridgehead atoms. The van der Waals surface area contributed by atoms with Crippen LogP contribution in [0.1, 0.15) is 5.69 Å². The van der Waals surface area contributed by atoms with E-state index in [1.165, 1.54) is 29.4 Å². The van der Waals surface area contributed by atoms with E-state index < -0.39 is 34.9 Å². The molecule has 0 aliphatic carbocycles. The van der Waals surface area contributed by atoms with E-state index in [0.29, 0.717) is 4.91 Å². The van der Waals surface area contributed by atoms with E-state index in [0.717, 1.165) is 28.0 Å². The Labute approximate surface area is 202 Å². The predicted molar refractivity (Wildman–Crippen MR) is 124 cm³/mol. The number of amides is 2. The molecular weight excluding hydrogens is 516 g/mol. The first-order chi connectivity index (χ1) is 15.7. The number of carbonyl (C=O) groups is 3. The van der Waals surface area contributed by atoms with E-state index >= 15 is 0 Å². The van der Waals surface area contributed by atoms with E-state index in [4.69, 9.17) is 28.3 Å². The van der Waals surface area contributed by atoms with Gasteiger partial charge in [-0.25, -0.2) is 9.78 Å². The molecule has 2 aliphatic heterocycles. The van der Waals surface area contributed by atoms with Crippen molar-refractivity contribution in [1.82, 2.24) is 15.2 Å². The number of thiazole rings is 1. The van der Waals surface area contributed by atoms with E-state index in [2.05, 4.69) is 20.4 Å². The predicted octanol–water partition coefficient (Wildman–Crippen LogP) is 0.338. The van der Waals surface area contributed by atoms with Crippen LogP contribution < -0.4 is 16.8 Å². The number of aliphatic imine (C=N–C) groups is 1. The number of nitrogens with one attached hydrogen (secondary N) is 1. The number of hydrogen-bond donors (Lipinski definition) is 5. The van der Waals surface area contributed by atoms with Crippen molar-refractivity contribution >= 4 is 80.9 Å². The number of nitrogens with two attached hydrogens (primary N) is 2. The minimum absolute atomic E-state index is 0.0234. The molecule has 2 amide bonds. The van der Waals surface area contributed by atoms with Gasteiger partial charge in [0.15, 0.2) is 10.8 Å². The smallest absolute Gasteiger partial charge is 0.353 e. The maximum atomic E-state index is 12.7. The first-order valence-electron chi connectivity index (χ1n) is 8.61. The van der Waals surface area contributed by atoms with Crippen LogP contribution in [0.15, 0.2) is 32.2 Å². The summed E-state index contributed by atoms with van der Waals surface area (Å²) in [5, 5.41) is 33.5. The fourth-order valence-electron chi connectivity index (χ4n) is 2.84. The third-order valence-electron chi connectivity index (χ3n) is 4.19. The molecule has 172 valence electrons. The summed E-state index contributed by atoms with van der Waals surface area (Å²) < 4.78 is 0.0234. The number of carbonyl (C=O) groups excluding carboxylic acids is 2. The summed E-state index contributed by atoms with van der Waals surface area (Å²) in [5.74, 6) is -2.75. The van der Waals surface area contributed by atoms with Gasteiger partial charge in [-0.2, -0.15) is 10.3 Å². The molecule has 13 nitrogen and oxygen atoms in total. The van der Waals surface area contributed by atoms with Gasteiger partial charge in [0.1, 0.15) is 33.0 Å². The van der Waals surface area contributed by atoms with Crippen molar-refractivity contribution in [2.45, 2.75) is 11.4 Å². The average Bonchev–Trinajstić information content (AvgIpc) is 3.09. The molecule has 33 heavy (non-hydrogen) atoms. The maximum absolute atomic E-state index is 12.7. The minimum atomic E-state index is -1.32. The van der Waals surface area contributed by atoms with Gasteiger partial charge in [0.25, 0.3) is 11.8 Å². The third kappa shape index (κ3) is 4.90.